The number of rotatable bonds is 6. The summed E-state index contributed by atoms with van der Waals surface area (Å²) < 4.78 is 21.4. The molecule has 100 valence electrons. The normalized spacial score (nSPS) is 11.0. The van der Waals surface area contributed by atoms with Crippen LogP contribution in [0.4, 0.5) is 17.1 Å². The van der Waals surface area contributed by atoms with E-state index in [0.29, 0.717) is 11.4 Å². The number of primary sulfonamides is 1. The summed E-state index contributed by atoms with van der Waals surface area (Å²) >= 11 is 0. The fraction of sp³-hybridized carbons (Fsp3) is 0.250. The topological polar surface area (TPSA) is 153 Å². The summed E-state index contributed by atoms with van der Waals surface area (Å²) in [5.74, 6) is 4.89. The first-order valence-electron chi connectivity index (χ1n) is 4.82. The minimum atomic E-state index is -3.57. The first-order valence-corrected chi connectivity index (χ1v) is 6.54. The number of nitrogen functional groups attached to an aromatic ring is 1. The minimum absolute atomic E-state index is 0.0456. The predicted octanol–water partition coefficient (Wildman–Crippen LogP) is -0.419. The number of nitro groups is 1. The van der Waals surface area contributed by atoms with Crippen LogP contribution in [-0.4, -0.2) is 25.6 Å². The van der Waals surface area contributed by atoms with E-state index in [1.807, 2.05) is 0 Å². The van der Waals surface area contributed by atoms with E-state index >= 15 is 0 Å². The molecular formula is C8H13N5O4S. The predicted molar refractivity (Wildman–Crippen MR) is 67.4 cm³/mol. The molecule has 0 atom stereocenters. The highest BCUT2D eigenvalue weighted by Gasteiger charge is 2.10. The van der Waals surface area contributed by atoms with Crippen molar-refractivity contribution in [3.8, 4) is 0 Å². The van der Waals surface area contributed by atoms with Gasteiger partial charge in [0.15, 0.2) is 0 Å². The molecule has 0 unspecified atom stereocenters. The van der Waals surface area contributed by atoms with Gasteiger partial charge in [0.1, 0.15) is 0 Å². The Morgan fingerprint density at radius 1 is 1.28 bits per heavy atom. The molecule has 10 heteroatoms. The van der Waals surface area contributed by atoms with Crippen LogP contribution < -0.4 is 21.7 Å². The van der Waals surface area contributed by atoms with Crippen molar-refractivity contribution in [2.45, 2.75) is 0 Å². The van der Waals surface area contributed by atoms with Gasteiger partial charge in [0, 0.05) is 24.4 Å². The highest BCUT2D eigenvalue weighted by Crippen LogP contribution is 2.23. The molecule has 0 aliphatic carbocycles. The molecule has 0 saturated carbocycles. The Hall–Kier alpha value is -1.91. The number of nitrogens with zero attached hydrogens (tertiary/aromatic N) is 1. The van der Waals surface area contributed by atoms with Crippen LogP contribution in [0.5, 0.6) is 0 Å². The summed E-state index contributed by atoms with van der Waals surface area (Å²) in [6, 6.07) is 4.03. The molecule has 0 aliphatic rings. The van der Waals surface area contributed by atoms with E-state index in [1.54, 1.807) is 0 Å². The summed E-state index contributed by atoms with van der Waals surface area (Å²) in [4.78, 5) is 10.1. The lowest BCUT2D eigenvalue weighted by molar-refractivity contribution is -0.384. The van der Waals surface area contributed by atoms with E-state index in [0.717, 1.165) is 0 Å². The van der Waals surface area contributed by atoms with Gasteiger partial charge >= 0.3 is 0 Å². The van der Waals surface area contributed by atoms with Crippen molar-refractivity contribution in [3.05, 3.63) is 28.3 Å². The second-order valence-electron chi connectivity index (χ2n) is 3.46. The molecule has 1 aromatic carbocycles. The van der Waals surface area contributed by atoms with E-state index in [-0.39, 0.29) is 18.0 Å². The number of benzene rings is 1. The van der Waals surface area contributed by atoms with Gasteiger partial charge in [-0.2, -0.15) is 0 Å². The van der Waals surface area contributed by atoms with Crippen LogP contribution in [0.1, 0.15) is 0 Å². The zero-order valence-electron chi connectivity index (χ0n) is 9.29. The molecule has 0 bridgehead atoms. The second kappa shape index (κ2) is 5.62. The van der Waals surface area contributed by atoms with Crippen LogP contribution in [-0.2, 0) is 10.0 Å². The van der Waals surface area contributed by atoms with Gasteiger partial charge in [0.05, 0.1) is 16.4 Å². The van der Waals surface area contributed by atoms with Gasteiger partial charge in [-0.05, 0) is 6.07 Å². The summed E-state index contributed by atoms with van der Waals surface area (Å²) in [5.41, 5.74) is 2.83. The van der Waals surface area contributed by atoms with Crippen LogP contribution in [0.15, 0.2) is 18.2 Å². The van der Waals surface area contributed by atoms with Crippen molar-refractivity contribution < 1.29 is 13.3 Å². The summed E-state index contributed by atoms with van der Waals surface area (Å²) in [6.07, 6.45) is 0. The standard InChI is InChI=1S/C8H13N5O4S/c9-12-7-3-6(4-8(5-7)13(14)15)11-1-2-18(10,16)17/h3-5,11-12H,1-2,9H2,(H2,10,16,17). The van der Waals surface area contributed by atoms with Crippen LogP contribution in [0.2, 0.25) is 0 Å². The third-order valence-corrected chi connectivity index (χ3v) is 2.78. The lowest BCUT2D eigenvalue weighted by Gasteiger charge is -2.07. The molecule has 18 heavy (non-hydrogen) atoms. The highest BCUT2D eigenvalue weighted by molar-refractivity contribution is 7.89. The zero-order chi connectivity index (χ0) is 13.8. The Labute approximate surface area is 103 Å². The smallest absolute Gasteiger partial charge is 0.273 e. The van der Waals surface area contributed by atoms with E-state index in [2.05, 4.69) is 10.7 Å². The van der Waals surface area contributed by atoms with Gasteiger partial charge in [-0.3, -0.25) is 16.0 Å². The van der Waals surface area contributed by atoms with Crippen molar-refractivity contribution in [3.63, 3.8) is 0 Å². The molecule has 0 fully saturated rings. The van der Waals surface area contributed by atoms with Gasteiger partial charge in [-0.1, -0.05) is 0 Å². The summed E-state index contributed by atoms with van der Waals surface area (Å²) in [6.45, 7) is 0.0456. The highest BCUT2D eigenvalue weighted by atomic mass is 32.2. The molecule has 0 aromatic heterocycles. The number of sulfonamides is 1. The number of nitro benzene ring substituents is 1. The lowest BCUT2D eigenvalue weighted by atomic mass is 10.2. The maximum atomic E-state index is 10.7. The average Bonchev–Trinajstić information content (AvgIpc) is 2.26. The zero-order valence-corrected chi connectivity index (χ0v) is 10.1. The molecule has 0 spiro atoms. The molecule has 1 rings (SSSR count). The Morgan fingerprint density at radius 2 is 1.89 bits per heavy atom. The van der Waals surface area contributed by atoms with Gasteiger partial charge < -0.3 is 10.7 Å². The van der Waals surface area contributed by atoms with Gasteiger partial charge in [0.2, 0.25) is 10.0 Å². The maximum Gasteiger partial charge on any atom is 0.273 e. The largest absolute Gasteiger partial charge is 0.384 e. The fourth-order valence-electron chi connectivity index (χ4n) is 1.24. The molecule has 0 heterocycles. The van der Waals surface area contributed by atoms with Crippen LogP contribution in [0.3, 0.4) is 0 Å². The van der Waals surface area contributed by atoms with Crippen LogP contribution >= 0.6 is 0 Å². The monoisotopic (exact) mass is 275 g/mol. The van der Waals surface area contributed by atoms with E-state index in [9.17, 15) is 18.5 Å². The number of hydrazine groups is 1. The van der Waals surface area contributed by atoms with Gasteiger partial charge in [-0.25, -0.2) is 13.6 Å². The van der Waals surface area contributed by atoms with E-state index < -0.39 is 14.9 Å². The van der Waals surface area contributed by atoms with Crippen LogP contribution in [0.25, 0.3) is 0 Å². The molecule has 9 nitrogen and oxygen atoms in total. The number of non-ortho nitro benzene ring substituents is 1. The number of hydrogen-bond acceptors (Lipinski definition) is 7. The Balaban J connectivity index is 2.82. The Kier molecular flexibility index (Phi) is 4.42. The van der Waals surface area contributed by atoms with Crippen LogP contribution in [0, 0.1) is 10.1 Å². The molecule has 6 N–H and O–H groups in total. The Morgan fingerprint density at radius 3 is 2.39 bits per heavy atom. The molecular weight excluding hydrogens is 262 g/mol. The number of hydrogen-bond donors (Lipinski definition) is 4. The molecule has 1 aromatic rings. The lowest BCUT2D eigenvalue weighted by Crippen LogP contribution is -2.22. The van der Waals surface area contributed by atoms with Gasteiger partial charge in [0.25, 0.3) is 5.69 Å². The van der Waals surface area contributed by atoms with Gasteiger partial charge in [-0.15, -0.1) is 0 Å². The van der Waals surface area contributed by atoms with Crippen molar-refractivity contribution in [1.29, 1.82) is 0 Å². The molecule has 0 saturated heterocycles. The van der Waals surface area contributed by atoms with Crippen molar-refractivity contribution >= 4 is 27.1 Å². The average molecular weight is 275 g/mol. The first kappa shape index (κ1) is 14.2. The molecule has 0 radical (unpaired) electrons. The number of nitrogens with two attached hydrogens (primary N) is 2. The SMILES string of the molecule is NNc1cc(NCCS(N)(=O)=O)cc([N+](=O)[O-])c1. The first-order chi connectivity index (χ1) is 8.31. The number of anilines is 2. The second-order valence-corrected chi connectivity index (χ2v) is 5.20. The van der Waals surface area contributed by atoms with E-state index in [4.69, 9.17) is 11.0 Å². The van der Waals surface area contributed by atoms with Crippen molar-refractivity contribution in [2.75, 3.05) is 23.0 Å². The molecule has 0 amide bonds. The summed E-state index contributed by atoms with van der Waals surface area (Å²) in [7, 11) is -3.57. The molecule has 0 aliphatic heterocycles. The quantitative estimate of drug-likeness (QED) is 0.312. The Bertz CT molecular complexity index is 544. The van der Waals surface area contributed by atoms with Crippen molar-refractivity contribution in [1.82, 2.24) is 0 Å². The third-order valence-electron chi connectivity index (χ3n) is 2.01. The fourth-order valence-corrected chi connectivity index (χ4v) is 1.63. The van der Waals surface area contributed by atoms with E-state index in [1.165, 1.54) is 18.2 Å². The minimum Gasteiger partial charge on any atom is -0.384 e. The summed E-state index contributed by atoms with van der Waals surface area (Å²) in [5, 5.41) is 18.2. The maximum absolute atomic E-state index is 10.7. The number of nitrogens with one attached hydrogen (secondary N) is 2. The van der Waals surface area contributed by atoms with Crippen molar-refractivity contribution in [2.24, 2.45) is 11.0 Å². The third kappa shape index (κ3) is 4.53.